The van der Waals surface area contributed by atoms with Crippen molar-refractivity contribution in [1.82, 2.24) is 0 Å². The molecule has 0 unspecified atom stereocenters. The van der Waals surface area contributed by atoms with E-state index in [-0.39, 0.29) is 10.6 Å². The zero-order valence-corrected chi connectivity index (χ0v) is 22.1. The summed E-state index contributed by atoms with van der Waals surface area (Å²) >= 11 is 0. The zero-order chi connectivity index (χ0) is 25.9. The lowest BCUT2D eigenvalue weighted by atomic mass is 10.1. The Morgan fingerprint density at radius 2 is 1.49 bits per heavy atom. The van der Waals surface area contributed by atoms with Crippen molar-refractivity contribution in [2.45, 2.75) is 77.6 Å². The summed E-state index contributed by atoms with van der Waals surface area (Å²) in [5, 5.41) is 24.0. The van der Waals surface area contributed by atoms with Crippen molar-refractivity contribution < 1.29 is 4.92 Å². The van der Waals surface area contributed by atoms with Gasteiger partial charge < -0.3 is 5.32 Å². The highest BCUT2D eigenvalue weighted by atomic mass is 16.6. The summed E-state index contributed by atoms with van der Waals surface area (Å²) in [6.45, 7) is 4.06. The van der Waals surface area contributed by atoms with Crippen molar-refractivity contribution in [1.29, 1.82) is 0 Å². The van der Waals surface area contributed by atoms with E-state index in [1.165, 1.54) is 80.7 Å². The number of nitro benzene ring substituents is 1. The van der Waals surface area contributed by atoms with Crippen LogP contribution in [0, 0.1) is 10.1 Å². The Hall–Kier alpha value is -3.41. The van der Waals surface area contributed by atoms with E-state index >= 15 is 0 Å². The van der Waals surface area contributed by atoms with Gasteiger partial charge in [-0.25, -0.2) is 0 Å². The average molecular weight is 501 g/mol. The predicted molar refractivity (Wildman–Crippen MR) is 156 cm³/mol. The monoisotopic (exact) mass is 500 g/mol. The zero-order valence-electron chi connectivity index (χ0n) is 22.1. The van der Waals surface area contributed by atoms with Crippen molar-refractivity contribution in [2.75, 3.05) is 23.4 Å². The van der Waals surface area contributed by atoms with Gasteiger partial charge in [-0.05, 0) is 36.2 Å². The molecule has 0 saturated heterocycles. The minimum absolute atomic E-state index is 0.103. The summed E-state index contributed by atoms with van der Waals surface area (Å²) < 4.78 is 0. The van der Waals surface area contributed by atoms with Gasteiger partial charge in [-0.3, -0.25) is 15.1 Å². The van der Waals surface area contributed by atoms with Crippen molar-refractivity contribution in [2.24, 2.45) is 5.10 Å². The molecule has 6 heteroatoms. The summed E-state index contributed by atoms with van der Waals surface area (Å²) in [4.78, 5) is 10.6. The number of rotatable bonds is 15. The molecule has 1 aliphatic rings. The van der Waals surface area contributed by atoms with E-state index in [4.69, 9.17) is 5.10 Å². The molecule has 196 valence electrons. The van der Waals surface area contributed by atoms with E-state index in [1.54, 1.807) is 24.3 Å². The molecule has 0 aromatic heterocycles. The van der Waals surface area contributed by atoms with Crippen LogP contribution in [0.2, 0.25) is 0 Å². The number of anilines is 2. The van der Waals surface area contributed by atoms with Gasteiger partial charge in [0.15, 0.2) is 0 Å². The Balaban J connectivity index is 1.32. The normalized spacial score (nSPS) is 13.2. The van der Waals surface area contributed by atoms with Gasteiger partial charge in [0.25, 0.3) is 5.69 Å². The molecule has 1 heterocycles. The molecule has 3 aromatic rings. The van der Waals surface area contributed by atoms with E-state index in [0.29, 0.717) is 0 Å². The minimum atomic E-state index is -0.370. The number of nitrogens with one attached hydrogen (secondary N) is 1. The summed E-state index contributed by atoms with van der Waals surface area (Å²) in [5.41, 5.74) is 4.27. The Bertz CT molecular complexity index is 1190. The van der Waals surface area contributed by atoms with Crippen LogP contribution in [-0.2, 0) is 0 Å². The van der Waals surface area contributed by atoms with E-state index in [0.717, 1.165) is 36.5 Å². The highest BCUT2D eigenvalue weighted by Crippen LogP contribution is 2.34. The van der Waals surface area contributed by atoms with Crippen molar-refractivity contribution in [3.63, 3.8) is 0 Å². The Labute approximate surface area is 220 Å². The molecule has 6 nitrogen and oxygen atoms in total. The van der Waals surface area contributed by atoms with Crippen LogP contribution in [0.25, 0.3) is 10.8 Å². The second kappa shape index (κ2) is 13.8. The van der Waals surface area contributed by atoms with E-state index < -0.39 is 0 Å². The number of non-ortho nitro benzene ring substituents is 1. The largest absolute Gasteiger partial charge is 0.385 e. The Morgan fingerprint density at radius 1 is 0.838 bits per heavy atom. The molecule has 0 fully saturated rings. The molecule has 0 bridgehead atoms. The van der Waals surface area contributed by atoms with E-state index in [1.807, 2.05) is 0 Å². The third kappa shape index (κ3) is 7.31. The third-order valence-corrected chi connectivity index (χ3v) is 7.24. The van der Waals surface area contributed by atoms with Crippen LogP contribution in [0.1, 0.15) is 83.1 Å². The van der Waals surface area contributed by atoms with Crippen molar-refractivity contribution in [3.05, 3.63) is 76.3 Å². The fourth-order valence-corrected chi connectivity index (χ4v) is 5.11. The molecular formula is C31H40N4O2. The highest BCUT2D eigenvalue weighted by Gasteiger charge is 2.20. The number of nitro groups is 1. The summed E-state index contributed by atoms with van der Waals surface area (Å²) in [7, 11) is 0. The maximum absolute atomic E-state index is 11.0. The van der Waals surface area contributed by atoms with Gasteiger partial charge in [0.05, 0.1) is 16.3 Å². The maximum Gasteiger partial charge on any atom is 0.269 e. The number of hydrazone groups is 1. The van der Waals surface area contributed by atoms with Gasteiger partial charge in [0.2, 0.25) is 0 Å². The molecule has 1 aliphatic heterocycles. The molecule has 0 atom stereocenters. The summed E-state index contributed by atoms with van der Waals surface area (Å²) in [6, 6.07) is 19.5. The second-order valence-electron chi connectivity index (χ2n) is 10.0. The third-order valence-electron chi connectivity index (χ3n) is 7.24. The first kappa shape index (κ1) is 26.6. The first-order chi connectivity index (χ1) is 18.2. The standard InChI is InChI=1S/C31H40N4O2/c1-2-3-4-5-6-7-8-9-10-13-23-32-30-20-21-31(28-15-12-11-14-27(28)30)34-24-22-29(33-34)25-16-18-26(19-17-25)35(36)37/h11-12,14-21,32H,2-10,13,22-24H2,1H3. The van der Waals surface area contributed by atoms with Crippen LogP contribution in [0.3, 0.4) is 0 Å². The first-order valence-electron chi connectivity index (χ1n) is 14.0. The number of hydrogen-bond acceptors (Lipinski definition) is 5. The fraction of sp³-hybridized carbons (Fsp3) is 0.452. The SMILES string of the molecule is CCCCCCCCCCCCNc1ccc(N2CCC(c3ccc([N+](=O)[O-])cc3)=N2)c2ccccc12. The number of unbranched alkanes of at least 4 members (excludes halogenated alkanes) is 9. The topological polar surface area (TPSA) is 70.8 Å². The lowest BCUT2D eigenvalue weighted by Crippen LogP contribution is -2.12. The number of benzene rings is 3. The summed E-state index contributed by atoms with van der Waals surface area (Å²) in [5.74, 6) is 0. The van der Waals surface area contributed by atoms with Gasteiger partial charge in [-0.2, -0.15) is 5.10 Å². The highest BCUT2D eigenvalue weighted by molar-refractivity contribution is 6.06. The van der Waals surface area contributed by atoms with E-state index in [9.17, 15) is 10.1 Å². The molecular weight excluding hydrogens is 460 g/mol. The lowest BCUT2D eigenvalue weighted by molar-refractivity contribution is -0.384. The maximum atomic E-state index is 11.0. The lowest BCUT2D eigenvalue weighted by Gasteiger charge is -2.18. The van der Waals surface area contributed by atoms with Gasteiger partial charge in [0.1, 0.15) is 0 Å². The van der Waals surface area contributed by atoms with Crippen LogP contribution in [0.5, 0.6) is 0 Å². The molecule has 0 saturated carbocycles. The smallest absolute Gasteiger partial charge is 0.269 e. The van der Waals surface area contributed by atoms with Gasteiger partial charge >= 0.3 is 0 Å². The van der Waals surface area contributed by atoms with Gasteiger partial charge in [0, 0.05) is 48.1 Å². The minimum Gasteiger partial charge on any atom is -0.385 e. The van der Waals surface area contributed by atoms with Gasteiger partial charge in [-0.15, -0.1) is 0 Å². The Morgan fingerprint density at radius 3 is 2.16 bits per heavy atom. The number of nitrogens with zero attached hydrogens (tertiary/aromatic N) is 3. The van der Waals surface area contributed by atoms with Crippen molar-refractivity contribution in [3.8, 4) is 0 Å². The predicted octanol–water partition coefficient (Wildman–Crippen LogP) is 8.70. The summed E-state index contributed by atoms with van der Waals surface area (Å²) in [6.07, 6.45) is 14.3. The van der Waals surface area contributed by atoms with Crippen LogP contribution < -0.4 is 10.3 Å². The average Bonchev–Trinajstić information content (AvgIpc) is 3.42. The molecule has 0 spiro atoms. The Kier molecular flexibility index (Phi) is 9.92. The van der Waals surface area contributed by atoms with E-state index in [2.05, 4.69) is 53.6 Å². The molecule has 1 N–H and O–H groups in total. The molecule has 37 heavy (non-hydrogen) atoms. The van der Waals surface area contributed by atoms with Crippen LogP contribution >= 0.6 is 0 Å². The molecule has 3 aromatic carbocycles. The van der Waals surface area contributed by atoms with Crippen molar-refractivity contribution >= 4 is 33.5 Å². The number of fused-ring (bicyclic) bond motifs is 1. The fourth-order valence-electron chi connectivity index (χ4n) is 5.11. The molecule has 0 amide bonds. The van der Waals surface area contributed by atoms with Crippen LogP contribution in [-0.4, -0.2) is 23.7 Å². The number of hydrogen-bond donors (Lipinski definition) is 1. The molecule has 0 radical (unpaired) electrons. The van der Waals surface area contributed by atoms with Gasteiger partial charge in [-0.1, -0.05) is 89.0 Å². The molecule has 4 rings (SSSR count). The molecule has 0 aliphatic carbocycles. The first-order valence-corrected chi connectivity index (χ1v) is 14.0. The second-order valence-corrected chi connectivity index (χ2v) is 10.0. The quantitative estimate of drug-likeness (QED) is 0.129. The van der Waals surface area contributed by atoms with Crippen LogP contribution in [0.4, 0.5) is 17.1 Å². The van der Waals surface area contributed by atoms with Crippen LogP contribution in [0.15, 0.2) is 65.8 Å².